The van der Waals surface area contributed by atoms with E-state index >= 15 is 0 Å². The van der Waals surface area contributed by atoms with Gasteiger partial charge >= 0.3 is 36.0 Å². The van der Waals surface area contributed by atoms with Crippen LogP contribution in [0.25, 0.3) is 0 Å². The van der Waals surface area contributed by atoms with Gasteiger partial charge in [0.25, 0.3) is 0 Å². The minimum atomic E-state index is -6.65. The molecule has 1 fully saturated rings. The fourth-order valence-corrected chi connectivity index (χ4v) is 2.32. The summed E-state index contributed by atoms with van der Waals surface area (Å²) in [5.41, 5.74) is -5.23. The molecular formula is C12H10F10O4. The summed E-state index contributed by atoms with van der Waals surface area (Å²) >= 11 is 0. The van der Waals surface area contributed by atoms with Crippen molar-refractivity contribution in [2.24, 2.45) is 0 Å². The average molecular weight is 408 g/mol. The molecule has 0 radical (unpaired) electrons. The van der Waals surface area contributed by atoms with Crippen LogP contribution < -0.4 is 0 Å². The molecule has 1 N–H and O–H groups in total. The molecule has 4 nitrogen and oxygen atoms in total. The maximum atomic E-state index is 14.4. The highest BCUT2D eigenvalue weighted by atomic mass is 19.4. The summed E-state index contributed by atoms with van der Waals surface area (Å²) in [5.74, 6) is -20.4. The first-order chi connectivity index (χ1) is 11.4. The zero-order chi connectivity index (χ0) is 21.0. The van der Waals surface area contributed by atoms with Crippen molar-refractivity contribution >= 4 is 5.97 Å². The Kier molecular flexibility index (Phi) is 5.16. The summed E-state index contributed by atoms with van der Waals surface area (Å²) in [6.07, 6.45) is -20.0. The standard InChI is InChI=1S/C12H10F10O4/c1-3-5(23)25-11(12(20,21)22)10(18,19)7(24,4-2)8(13,14)6(26-11)9(15,16)17/h3,6,24H,1,4H2,2H3. The largest absolute Gasteiger partial charge is 0.462 e. The highest BCUT2D eigenvalue weighted by Crippen LogP contribution is 2.63. The zero-order valence-corrected chi connectivity index (χ0v) is 12.5. The molecule has 1 saturated heterocycles. The van der Waals surface area contributed by atoms with Crippen LogP contribution >= 0.6 is 0 Å². The van der Waals surface area contributed by atoms with Gasteiger partial charge in [0.15, 0.2) is 0 Å². The molecule has 0 aromatic heterocycles. The van der Waals surface area contributed by atoms with Gasteiger partial charge in [-0.05, 0) is 6.42 Å². The molecule has 14 heteroatoms. The second-order valence-corrected chi connectivity index (χ2v) is 5.19. The van der Waals surface area contributed by atoms with Gasteiger partial charge < -0.3 is 14.6 Å². The summed E-state index contributed by atoms with van der Waals surface area (Å²) in [7, 11) is 0. The van der Waals surface area contributed by atoms with Gasteiger partial charge in [0.1, 0.15) is 0 Å². The first kappa shape index (κ1) is 22.5. The van der Waals surface area contributed by atoms with Crippen molar-refractivity contribution in [1.82, 2.24) is 0 Å². The van der Waals surface area contributed by atoms with Gasteiger partial charge in [-0.15, -0.1) is 0 Å². The van der Waals surface area contributed by atoms with E-state index in [0.717, 1.165) is 0 Å². The average Bonchev–Trinajstić information content (AvgIpc) is 2.45. The molecule has 1 aliphatic rings. The summed E-state index contributed by atoms with van der Waals surface area (Å²) in [6, 6.07) is 0. The molecule has 152 valence electrons. The number of carbonyl (C=O) groups is 1. The van der Waals surface area contributed by atoms with Crippen molar-refractivity contribution < 1.29 is 63.3 Å². The second kappa shape index (κ2) is 5.97. The molecule has 1 aliphatic heterocycles. The summed E-state index contributed by atoms with van der Waals surface area (Å²) in [5, 5.41) is 9.56. The molecule has 0 amide bonds. The van der Waals surface area contributed by atoms with Crippen molar-refractivity contribution in [2.45, 2.75) is 55.0 Å². The molecule has 0 aromatic rings. The van der Waals surface area contributed by atoms with Gasteiger partial charge in [-0.2, -0.15) is 43.9 Å². The van der Waals surface area contributed by atoms with Crippen LogP contribution in [-0.4, -0.2) is 52.8 Å². The topological polar surface area (TPSA) is 55.8 Å². The lowest BCUT2D eigenvalue weighted by Crippen LogP contribution is -2.83. The number of halogens is 10. The lowest BCUT2D eigenvalue weighted by molar-refractivity contribution is -0.531. The van der Waals surface area contributed by atoms with E-state index in [2.05, 4.69) is 16.1 Å². The molecule has 0 aromatic carbocycles. The van der Waals surface area contributed by atoms with E-state index in [1.807, 2.05) is 0 Å². The van der Waals surface area contributed by atoms with Crippen molar-refractivity contribution in [3.8, 4) is 0 Å². The van der Waals surface area contributed by atoms with E-state index in [4.69, 9.17) is 0 Å². The number of hydrogen-bond acceptors (Lipinski definition) is 4. The predicted molar refractivity (Wildman–Crippen MR) is 61.1 cm³/mol. The van der Waals surface area contributed by atoms with Crippen LogP contribution in [0.4, 0.5) is 43.9 Å². The molecule has 0 spiro atoms. The van der Waals surface area contributed by atoms with E-state index in [9.17, 15) is 53.8 Å². The number of alkyl halides is 10. The Labute approximate surface area is 138 Å². The fourth-order valence-electron chi connectivity index (χ4n) is 2.32. The van der Waals surface area contributed by atoms with Gasteiger partial charge in [0.05, 0.1) is 0 Å². The van der Waals surface area contributed by atoms with Gasteiger partial charge in [-0.1, -0.05) is 13.5 Å². The monoisotopic (exact) mass is 408 g/mol. The number of ether oxygens (including phenoxy) is 2. The Bertz CT molecular complexity index is 584. The van der Waals surface area contributed by atoms with Crippen LogP contribution in [0.3, 0.4) is 0 Å². The maximum Gasteiger partial charge on any atom is 0.462 e. The van der Waals surface area contributed by atoms with E-state index in [1.54, 1.807) is 0 Å². The van der Waals surface area contributed by atoms with Crippen LogP contribution in [-0.2, 0) is 14.3 Å². The number of esters is 1. The number of hydrogen-bond donors (Lipinski definition) is 1. The highest BCUT2D eigenvalue weighted by molar-refractivity contribution is 5.81. The first-order valence-electron chi connectivity index (χ1n) is 6.50. The number of rotatable bonds is 3. The molecule has 1 heterocycles. The third-order valence-corrected chi connectivity index (χ3v) is 3.69. The molecule has 0 bridgehead atoms. The highest BCUT2D eigenvalue weighted by Gasteiger charge is 2.92. The summed E-state index contributed by atoms with van der Waals surface area (Å²) in [6.45, 7) is 2.85. The van der Waals surface area contributed by atoms with Gasteiger partial charge in [0, 0.05) is 6.08 Å². The van der Waals surface area contributed by atoms with Gasteiger partial charge in [-0.25, -0.2) is 4.79 Å². The predicted octanol–water partition coefficient (Wildman–Crippen LogP) is 3.35. The van der Waals surface area contributed by atoms with Gasteiger partial charge in [-0.3, -0.25) is 0 Å². The lowest BCUT2D eigenvalue weighted by Gasteiger charge is -2.55. The Balaban J connectivity index is 3.89. The minimum absolute atomic E-state index is 0.146. The summed E-state index contributed by atoms with van der Waals surface area (Å²) < 4.78 is 141. The van der Waals surface area contributed by atoms with Crippen LogP contribution in [0, 0.1) is 0 Å². The minimum Gasteiger partial charge on any atom is -0.415 e. The van der Waals surface area contributed by atoms with Crippen LogP contribution in [0.5, 0.6) is 0 Å². The lowest BCUT2D eigenvalue weighted by atomic mass is 9.75. The first-order valence-corrected chi connectivity index (χ1v) is 6.50. The van der Waals surface area contributed by atoms with E-state index in [1.165, 1.54) is 0 Å². The van der Waals surface area contributed by atoms with E-state index in [0.29, 0.717) is 0 Å². The molecule has 0 aliphatic carbocycles. The number of aliphatic hydroxyl groups is 1. The van der Waals surface area contributed by atoms with Crippen LogP contribution in [0.1, 0.15) is 13.3 Å². The van der Waals surface area contributed by atoms with Gasteiger partial charge in [0.2, 0.25) is 11.7 Å². The maximum absolute atomic E-state index is 14.4. The molecule has 0 saturated carbocycles. The molecular weight excluding hydrogens is 398 g/mol. The van der Waals surface area contributed by atoms with E-state index in [-0.39, 0.29) is 13.0 Å². The molecule has 1 rings (SSSR count). The Morgan fingerprint density at radius 3 is 1.96 bits per heavy atom. The van der Waals surface area contributed by atoms with Crippen molar-refractivity contribution in [3.05, 3.63) is 12.7 Å². The van der Waals surface area contributed by atoms with E-state index < -0.39 is 54.1 Å². The van der Waals surface area contributed by atoms with Crippen molar-refractivity contribution in [2.75, 3.05) is 0 Å². The molecule has 3 unspecified atom stereocenters. The zero-order valence-electron chi connectivity index (χ0n) is 12.5. The molecule has 3 atom stereocenters. The third kappa shape index (κ3) is 2.73. The van der Waals surface area contributed by atoms with Crippen molar-refractivity contribution in [1.29, 1.82) is 0 Å². The Hall–Kier alpha value is -1.57. The summed E-state index contributed by atoms with van der Waals surface area (Å²) in [4.78, 5) is 11.0. The van der Waals surface area contributed by atoms with Crippen molar-refractivity contribution in [3.63, 3.8) is 0 Å². The Morgan fingerprint density at radius 1 is 1.19 bits per heavy atom. The normalized spacial score (nSPS) is 34.2. The third-order valence-electron chi connectivity index (χ3n) is 3.69. The SMILES string of the molecule is C=CC(=O)OC1(C(F)(F)F)OC(C(F)(F)F)C(F)(F)C(O)(CC)C1(F)F. The van der Waals surface area contributed by atoms with Crippen LogP contribution in [0.15, 0.2) is 12.7 Å². The smallest absolute Gasteiger partial charge is 0.415 e. The Morgan fingerprint density at radius 2 is 1.65 bits per heavy atom. The second-order valence-electron chi connectivity index (χ2n) is 5.19. The van der Waals surface area contributed by atoms with Crippen LogP contribution in [0.2, 0.25) is 0 Å². The fraction of sp³-hybridized carbons (Fsp3) is 0.750. The number of carbonyl (C=O) groups excluding carboxylic acids is 1. The molecule has 26 heavy (non-hydrogen) atoms. The quantitative estimate of drug-likeness (QED) is 0.442.